The van der Waals surface area contributed by atoms with Crippen molar-refractivity contribution < 1.29 is 10.2 Å². The molecule has 2 fully saturated rings. The first-order valence-corrected chi connectivity index (χ1v) is 11.8. The smallest absolute Gasteiger partial charge is 0.115 e. The van der Waals surface area contributed by atoms with E-state index in [1.165, 1.54) is 26.7 Å². The standard InChI is InChI=1S/C25H29IO2/c1-24-12-10-21-20-9-7-19(27)14-17(20)4-8-22(21)23(24)11-13-25(24,28)15-16-2-5-18(26)6-3-16/h2-3,5-7,9,14,21-23,27-28H,4,8,10-13,15H2,1H3/t21-,22-,23+,24+,25-/m1/s1. The fourth-order valence-electron chi connectivity index (χ4n) is 6.91. The third-order valence-corrected chi connectivity index (χ3v) is 9.16. The summed E-state index contributed by atoms with van der Waals surface area (Å²) >= 11 is 2.34. The minimum atomic E-state index is -0.593. The first-order chi connectivity index (χ1) is 13.4. The van der Waals surface area contributed by atoms with Crippen LogP contribution in [0.5, 0.6) is 5.75 Å². The zero-order chi connectivity index (χ0) is 19.5. The average molecular weight is 488 g/mol. The first-order valence-electron chi connectivity index (χ1n) is 10.7. The van der Waals surface area contributed by atoms with Gasteiger partial charge in [-0.3, -0.25) is 0 Å². The van der Waals surface area contributed by atoms with Gasteiger partial charge in [0, 0.05) is 9.99 Å². The molecule has 3 aliphatic rings. The summed E-state index contributed by atoms with van der Waals surface area (Å²) in [6.45, 7) is 2.37. The molecule has 0 spiro atoms. The van der Waals surface area contributed by atoms with Crippen LogP contribution in [0.3, 0.4) is 0 Å². The molecule has 2 aromatic rings. The Morgan fingerprint density at radius 3 is 2.61 bits per heavy atom. The van der Waals surface area contributed by atoms with Crippen LogP contribution < -0.4 is 0 Å². The number of rotatable bonds is 2. The predicted molar refractivity (Wildman–Crippen MR) is 121 cm³/mol. The molecule has 2 saturated carbocycles. The second kappa shape index (κ2) is 6.73. The van der Waals surface area contributed by atoms with Crippen molar-refractivity contribution in [2.75, 3.05) is 0 Å². The van der Waals surface area contributed by atoms with Crippen LogP contribution in [0.1, 0.15) is 61.6 Å². The highest BCUT2D eigenvalue weighted by Crippen LogP contribution is 2.64. The summed E-state index contributed by atoms with van der Waals surface area (Å²) < 4.78 is 1.25. The SMILES string of the molecule is C[C@]12CC[C@@H]3c4ccc(O)cc4CC[C@H]3[C@@H]1CC[C@@]2(O)Cc1ccc(I)cc1. The number of benzene rings is 2. The van der Waals surface area contributed by atoms with E-state index in [1.807, 2.05) is 12.1 Å². The Kier molecular flexibility index (Phi) is 4.55. The first kappa shape index (κ1) is 18.9. The van der Waals surface area contributed by atoms with Crippen molar-refractivity contribution in [3.63, 3.8) is 0 Å². The maximum atomic E-state index is 11.9. The van der Waals surface area contributed by atoms with Gasteiger partial charge in [0.25, 0.3) is 0 Å². The molecule has 0 amide bonds. The molecular formula is C25H29IO2. The number of aromatic hydroxyl groups is 1. The van der Waals surface area contributed by atoms with Crippen LogP contribution in [0, 0.1) is 20.8 Å². The predicted octanol–water partition coefficient (Wildman–Crippen LogP) is 5.83. The average Bonchev–Trinajstić information content (AvgIpc) is 2.94. The number of phenolic OH excluding ortho intramolecular Hbond substituents is 1. The van der Waals surface area contributed by atoms with Crippen molar-refractivity contribution in [2.24, 2.45) is 17.3 Å². The van der Waals surface area contributed by atoms with Crippen LogP contribution in [-0.4, -0.2) is 15.8 Å². The topological polar surface area (TPSA) is 40.5 Å². The largest absolute Gasteiger partial charge is 0.508 e. The Morgan fingerprint density at radius 1 is 1.04 bits per heavy atom. The lowest BCUT2D eigenvalue weighted by atomic mass is 9.53. The molecule has 2 N–H and O–H groups in total. The number of aryl methyl sites for hydroxylation is 1. The molecule has 28 heavy (non-hydrogen) atoms. The van der Waals surface area contributed by atoms with Crippen LogP contribution in [0.4, 0.5) is 0 Å². The van der Waals surface area contributed by atoms with Gasteiger partial charge < -0.3 is 10.2 Å². The second-order valence-electron chi connectivity index (χ2n) is 9.63. The maximum absolute atomic E-state index is 11.9. The summed E-state index contributed by atoms with van der Waals surface area (Å²) in [5.74, 6) is 2.26. The van der Waals surface area contributed by atoms with E-state index in [1.54, 1.807) is 0 Å². The fraction of sp³-hybridized carbons (Fsp3) is 0.520. The highest BCUT2D eigenvalue weighted by Gasteiger charge is 2.61. The molecule has 2 nitrogen and oxygen atoms in total. The highest BCUT2D eigenvalue weighted by molar-refractivity contribution is 14.1. The van der Waals surface area contributed by atoms with E-state index >= 15 is 0 Å². The zero-order valence-electron chi connectivity index (χ0n) is 16.5. The van der Waals surface area contributed by atoms with Gasteiger partial charge in [0.1, 0.15) is 5.75 Å². The third-order valence-electron chi connectivity index (χ3n) is 8.44. The Hall–Kier alpha value is -1.07. The van der Waals surface area contributed by atoms with E-state index in [-0.39, 0.29) is 5.41 Å². The molecule has 0 unspecified atom stereocenters. The molecule has 148 valence electrons. The number of hydrogen-bond acceptors (Lipinski definition) is 2. The molecule has 0 heterocycles. The molecular weight excluding hydrogens is 459 g/mol. The maximum Gasteiger partial charge on any atom is 0.115 e. The van der Waals surface area contributed by atoms with Gasteiger partial charge in [0.05, 0.1) is 5.60 Å². The number of halogens is 1. The Labute approximate surface area is 181 Å². The lowest BCUT2D eigenvalue weighted by Crippen LogP contribution is -2.51. The molecule has 0 radical (unpaired) electrons. The van der Waals surface area contributed by atoms with Crippen molar-refractivity contribution in [3.05, 3.63) is 62.7 Å². The van der Waals surface area contributed by atoms with E-state index in [2.05, 4.69) is 59.8 Å². The molecule has 0 bridgehead atoms. The lowest BCUT2D eigenvalue weighted by Gasteiger charge is -2.53. The molecule has 0 aromatic heterocycles. The van der Waals surface area contributed by atoms with Gasteiger partial charge in [-0.2, -0.15) is 0 Å². The Morgan fingerprint density at radius 2 is 1.82 bits per heavy atom. The quantitative estimate of drug-likeness (QED) is 0.523. The van der Waals surface area contributed by atoms with Crippen LogP contribution in [0.15, 0.2) is 42.5 Å². The van der Waals surface area contributed by atoms with Crippen molar-refractivity contribution >= 4 is 22.6 Å². The zero-order valence-corrected chi connectivity index (χ0v) is 18.7. The molecule has 3 aliphatic carbocycles. The molecule has 5 rings (SSSR count). The van der Waals surface area contributed by atoms with E-state index in [9.17, 15) is 10.2 Å². The summed E-state index contributed by atoms with van der Waals surface area (Å²) in [5.41, 5.74) is 3.48. The Bertz CT molecular complexity index is 892. The van der Waals surface area contributed by atoms with Gasteiger partial charge in [0.15, 0.2) is 0 Å². The second-order valence-corrected chi connectivity index (χ2v) is 10.9. The van der Waals surface area contributed by atoms with E-state index in [0.29, 0.717) is 23.5 Å². The van der Waals surface area contributed by atoms with Gasteiger partial charge in [-0.25, -0.2) is 0 Å². The van der Waals surface area contributed by atoms with Crippen LogP contribution in [-0.2, 0) is 12.8 Å². The van der Waals surface area contributed by atoms with E-state index in [0.717, 1.165) is 38.5 Å². The number of hydrogen-bond donors (Lipinski definition) is 2. The number of fused-ring (bicyclic) bond motifs is 5. The lowest BCUT2D eigenvalue weighted by molar-refractivity contribution is -0.102. The van der Waals surface area contributed by atoms with Gasteiger partial charge in [-0.05, 0) is 125 Å². The molecule has 5 atom stereocenters. The molecule has 0 saturated heterocycles. The van der Waals surface area contributed by atoms with E-state index < -0.39 is 5.60 Å². The summed E-state index contributed by atoms with van der Waals surface area (Å²) in [7, 11) is 0. The summed E-state index contributed by atoms with van der Waals surface area (Å²) in [6, 6.07) is 14.7. The fourth-order valence-corrected chi connectivity index (χ4v) is 7.27. The normalized spacial score (nSPS) is 36.5. The summed E-state index contributed by atoms with van der Waals surface area (Å²) in [6.07, 6.45) is 7.36. The van der Waals surface area contributed by atoms with E-state index in [4.69, 9.17) is 0 Å². The Balaban J connectivity index is 1.44. The van der Waals surface area contributed by atoms with Crippen molar-refractivity contribution in [1.82, 2.24) is 0 Å². The van der Waals surface area contributed by atoms with Gasteiger partial charge in [0.2, 0.25) is 0 Å². The number of phenols is 1. The van der Waals surface area contributed by atoms with Gasteiger partial charge >= 0.3 is 0 Å². The van der Waals surface area contributed by atoms with Crippen molar-refractivity contribution in [1.29, 1.82) is 0 Å². The van der Waals surface area contributed by atoms with Gasteiger partial charge in [-0.1, -0.05) is 25.1 Å². The van der Waals surface area contributed by atoms with Gasteiger partial charge in [-0.15, -0.1) is 0 Å². The number of aliphatic hydroxyl groups is 1. The summed E-state index contributed by atoms with van der Waals surface area (Å²) in [4.78, 5) is 0. The van der Waals surface area contributed by atoms with Crippen molar-refractivity contribution in [3.8, 4) is 5.75 Å². The molecule has 2 aromatic carbocycles. The van der Waals surface area contributed by atoms with Crippen molar-refractivity contribution in [2.45, 2.75) is 63.4 Å². The third kappa shape index (κ3) is 2.84. The molecule has 0 aliphatic heterocycles. The highest BCUT2D eigenvalue weighted by atomic mass is 127. The minimum absolute atomic E-state index is 0.00554. The summed E-state index contributed by atoms with van der Waals surface area (Å²) in [5, 5.41) is 21.7. The monoisotopic (exact) mass is 488 g/mol. The molecule has 3 heteroatoms. The minimum Gasteiger partial charge on any atom is -0.508 e. The van der Waals surface area contributed by atoms with Crippen LogP contribution in [0.25, 0.3) is 0 Å². The van der Waals surface area contributed by atoms with Crippen LogP contribution >= 0.6 is 22.6 Å². The van der Waals surface area contributed by atoms with Crippen LogP contribution in [0.2, 0.25) is 0 Å².